The van der Waals surface area contributed by atoms with Crippen molar-refractivity contribution in [2.45, 2.75) is 40.2 Å². The summed E-state index contributed by atoms with van der Waals surface area (Å²) in [6.07, 6.45) is 0.675. The number of amides is 1. The Morgan fingerprint density at radius 3 is 2.59 bits per heavy atom. The molecule has 0 radical (unpaired) electrons. The molecule has 0 saturated heterocycles. The Balaban J connectivity index is 2.01. The maximum absolute atomic E-state index is 13.2. The van der Waals surface area contributed by atoms with Crippen LogP contribution in [0.5, 0.6) is 5.75 Å². The zero-order chi connectivity index (χ0) is 21.0. The molecule has 1 amide bonds. The van der Waals surface area contributed by atoms with E-state index in [0.29, 0.717) is 13.0 Å². The molecule has 0 aliphatic carbocycles. The minimum atomic E-state index is -0.163. The predicted octanol–water partition coefficient (Wildman–Crippen LogP) is 4.33. The molecule has 1 unspecified atom stereocenters. The summed E-state index contributed by atoms with van der Waals surface area (Å²) in [5.41, 5.74) is 5.42. The van der Waals surface area contributed by atoms with Crippen LogP contribution in [-0.2, 0) is 4.79 Å². The van der Waals surface area contributed by atoms with Gasteiger partial charge in [0.05, 0.1) is 25.4 Å². The van der Waals surface area contributed by atoms with E-state index in [2.05, 4.69) is 50.8 Å². The normalized spacial score (nSPS) is 16.3. The van der Waals surface area contributed by atoms with Crippen molar-refractivity contribution in [1.82, 2.24) is 9.91 Å². The van der Waals surface area contributed by atoms with Crippen molar-refractivity contribution in [2.75, 3.05) is 26.7 Å². The summed E-state index contributed by atoms with van der Waals surface area (Å²) in [6, 6.07) is 14.1. The molecule has 1 heterocycles. The molecular formula is C24H31N3O2. The molecule has 29 heavy (non-hydrogen) atoms. The molecule has 5 nitrogen and oxygen atoms in total. The second-order valence-electron chi connectivity index (χ2n) is 7.53. The lowest BCUT2D eigenvalue weighted by atomic mass is 9.94. The molecule has 0 bridgehead atoms. The van der Waals surface area contributed by atoms with Gasteiger partial charge < -0.3 is 4.74 Å². The molecule has 0 fully saturated rings. The first-order valence-corrected chi connectivity index (χ1v) is 10.3. The Kier molecular flexibility index (Phi) is 6.70. The largest absolute Gasteiger partial charge is 0.496 e. The Bertz CT molecular complexity index is 903. The number of nitrogens with zero attached hydrogens (tertiary/aromatic N) is 3. The van der Waals surface area contributed by atoms with E-state index >= 15 is 0 Å². The van der Waals surface area contributed by atoms with Crippen LogP contribution >= 0.6 is 0 Å². The van der Waals surface area contributed by atoms with Crippen LogP contribution in [0, 0.1) is 13.8 Å². The predicted molar refractivity (Wildman–Crippen MR) is 117 cm³/mol. The molecule has 3 rings (SSSR count). The first-order chi connectivity index (χ1) is 14.0. The molecule has 5 heteroatoms. The highest BCUT2D eigenvalue weighted by Crippen LogP contribution is 2.38. The monoisotopic (exact) mass is 393 g/mol. The number of para-hydroxylation sites is 1. The van der Waals surface area contributed by atoms with Crippen molar-refractivity contribution in [1.29, 1.82) is 0 Å². The maximum atomic E-state index is 13.2. The third-order valence-corrected chi connectivity index (χ3v) is 5.62. The van der Waals surface area contributed by atoms with Crippen molar-refractivity contribution in [2.24, 2.45) is 5.10 Å². The summed E-state index contributed by atoms with van der Waals surface area (Å²) in [5.74, 6) is 0.806. The fourth-order valence-corrected chi connectivity index (χ4v) is 3.84. The zero-order valence-electron chi connectivity index (χ0n) is 18.1. The average Bonchev–Trinajstić information content (AvgIpc) is 3.18. The van der Waals surface area contributed by atoms with Gasteiger partial charge in [-0.2, -0.15) is 5.10 Å². The van der Waals surface area contributed by atoms with Crippen molar-refractivity contribution < 1.29 is 9.53 Å². The van der Waals surface area contributed by atoms with Crippen molar-refractivity contribution >= 4 is 11.6 Å². The summed E-state index contributed by atoms with van der Waals surface area (Å²) in [4.78, 5) is 15.3. The van der Waals surface area contributed by atoms with Gasteiger partial charge in [-0.25, -0.2) is 5.01 Å². The van der Waals surface area contributed by atoms with E-state index in [1.807, 2.05) is 24.3 Å². The first kappa shape index (κ1) is 21.1. The molecule has 1 aliphatic heterocycles. The van der Waals surface area contributed by atoms with E-state index in [1.54, 1.807) is 12.1 Å². The Morgan fingerprint density at radius 2 is 1.90 bits per heavy atom. The van der Waals surface area contributed by atoms with Crippen LogP contribution in [0.1, 0.15) is 48.6 Å². The Labute approximate surface area is 174 Å². The highest BCUT2D eigenvalue weighted by molar-refractivity contribution is 6.04. The molecule has 2 aromatic rings. The first-order valence-electron chi connectivity index (χ1n) is 10.3. The van der Waals surface area contributed by atoms with Gasteiger partial charge in [-0.15, -0.1) is 0 Å². The van der Waals surface area contributed by atoms with Crippen LogP contribution in [0.25, 0.3) is 0 Å². The van der Waals surface area contributed by atoms with Crippen LogP contribution in [0.3, 0.4) is 0 Å². The van der Waals surface area contributed by atoms with Gasteiger partial charge in [0.25, 0.3) is 5.91 Å². The topological polar surface area (TPSA) is 45.1 Å². The van der Waals surface area contributed by atoms with Crippen LogP contribution in [-0.4, -0.2) is 48.3 Å². The van der Waals surface area contributed by atoms with Crippen molar-refractivity contribution in [3.63, 3.8) is 0 Å². The lowest BCUT2D eigenvalue weighted by Gasteiger charge is -2.26. The van der Waals surface area contributed by atoms with Crippen molar-refractivity contribution in [3.05, 3.63) is 64.7 Å². The van der Waals surface area contributed by atoms with Crippen LogP contribution < -0.4 is 4.74 Å². The Morgan fingerprint density at radius 1 is 1.17 bits per heavy atom. The summed E-state index contributed by atoms with van der Waals surface area (Å²) < 4.78 is 5.59. The zero-order valence-corrected chi connectivity index (χ0v) is 18.1. The van der Waals surface area contributed by atoms with E-state index in [1.165, 1.54) is 11.1 Å². The number of aryl methyl sites for hydroxylation is 2. The number of hydrogen-bond donors (Lipinski definition) is 0. The molecule has 2 aromatic carbocycles. The SMILES string of the molecule is CCN(CC)CC(=O)N1N=C(c2cc(C)ccc2C)CC1c1ccccc1OC. The maximum Gasteiger partial charge on any atom is 0.257 e. The van der Waals surface area contributed by atoms with Gasteiger partial charge >= 0.3 is 0 Å². The third-order valence-electron chi connectivity index (χ3n) is 5.62. The quantitative estimate of drug-likeness (QED) is 0.703. The van der Waals surface area contributed by atoms with Crippen LogP contribution in [0.2, 0.25) is 0 Å². The molecule has 0 N–H and O–H groups in total. The summed E-state index contributed by atoms with van der Waals surface area (Å²) in [6.45, 7) is 10.4. The second-order valence-corrected chi connectivity index (χ2v) is 7.53. The van der Waals surface area contributed by atoms with Crippen LogP contribution in [0.4, 0.5) is 0 Å². The van der Waals surface area contributed by atoms with E-state index in [4.69, 9.17) is 9.84 Å². The van der Waals surface area contributed by atoms with Crippen LogP contribution in [0.15, 0.2) is 47.6 Å². The van der Waals surface area contributed by atoms with Gasteiger partial charge in [-0.3, -0.25) is 9.69 Å². The van der Waals surface area contributed by atoms with E-state index in [-0.39, 0.29) is 11.9 Å². The van der Waals surface area contributed by atoms with Gasteiger partial charge in [-0.1, -0.05) is 49.7 Å². The number of hydrazone groups is 1. The van der Waals surface area contributed by atoms with E-state index < -0.39 is 0 Å². The lowest BCUT2D eigenvalue weighted by molar-refractivity contribution is -0.134. The summed E-state index contributed by atoms with van der Waals surface area (Å²) in [7, 11) is 1.67. The number of carbonyl (C=O) groups is 1. The molecule has 0 aromatic heterocycles. The lowest BCUT2D eigenvalue weighted by Crippen LogP contribution is -2.38. The standard InChI is InChI=1S/C24H31N3O2/c1-6-26(7-2)16-24(28)27-22(19-10-8-9-11-23(19)29-5)15-21(25-27)20-14-17(3)12-13-18(20)4/h8-14,22H,6-7,15-16H2,1-5H3. The molecule has 1 aliphatic rings. The van der Waals surface area contributed by atoms with Gasteiger partial charge in [0.15, 0.2) is 0 Å². The highest BCUT2D eigenvalue weighted by Gasteiger charge is 2.35. The number of likely N-dealkylation sites (N-methyl/N-ethyl adjacent to an activating group) is 1. The van der Waals surface area contributed by atoms with E-state index in [0.717, 1.165) is 35.7 Å². The number of carbonyl (C=O) groups excluding carboxylic acids is 1. The summed E-state index contributed by atoms with van der Waals surface area (Å²) in [5, 5.41) is 6.51. The number of benzene rings is 2. The minimum Gasteiger partial charge on any atom is -0.496 e. The number of methoxy groups -OCH3 is 1. The third kappa shape index (κ3) is 4.51. The Hall–Kier alpha value is -2.66. The fourth-order valence-electron chi connectivity index (χ4n) is 3.84. The molecule has 1 atom stereocenters. The van der Waals surface area contributed by atoms with Crippen molar-refractivity contribution in [3.8, 4) is 5.75 Å². The molecule has 0 spiro atoms. The second kappa shape index (κ2) is 9.23. The summed E-state index contributed by atoms with van der Waals surface area (Å²) >= 11 is 0. The molecule has 0 saturated carbocycles. The minimum absolute atomic E-state index is 0.0184. The van der Waals surface area contributed by atoms with Gasteiger partial charge in [0.2, 0.25) is 0 Å². The smallest absolute Gasteiger partial charge is 0.257 e. The van der Waals surface area contributed by atoms with E-state index in [9.17, 15) is 4.79 Å². The number of rotatable bonds is 7. The number of ether oxygens (including phenoxy) is 1. The average molecular weight is 394 g/mol. The number of hydrogen-bond acceptors (Lipinski definition) is 4. The molecule has 154 valence electrons. The fraction of sp³-hybridized carbons (Fsp3) is 0.417. The van der Waals surface area contributed by atoms with Gasteiger partial charge in [-0.05, 0) is 44.6 Å². The highest BCUT2D eigenvalue weighted by atomic mass is 16.5. The van der Waals surface area contributed by atoms with Gasteiger partial charge in [0, 0.05) is 17.5 Å². The van der Waals surface area contributed by atoms with Gasteiger partial charge in [0.1, 0.15) is 5.75 Å². The molecular weight excluding hydrogens is 362 g/mol.